The van der Waals surface area contributed by atoms with Crippen LogP contribution in [-0.2, 0) is 16.0 Å². The lowest BCUT2D eigenvalue weighted by molar-refractivity contribution is -0.124. The molecular weight excluding hydrogens is 404 g/mol. The molecule has 3 aromatic carbocycles. The predicted molar refractivity (Wildman–Crippen MR) is 122 cm³/mol. The van der Waals surface area contributed by atoms with Gasteiger partial charge in [0.25, 0.3) is 5.78 Å². The number of carbonyl (C=O) groups excluding carboxylic acids is 1. The second-order valence-electron chi connectivity index (χ2n) is 7.31. The Bertz CT molecular complexity index is 1080. The van der Waals surface area contributed by atoms with Crippen LogP contribution in [0.4, 0.5) is 11.4 Å². The quantitative estimate of drug-likeness (QED) is 0.444. The van der Waals surface area contributed by atoms with Crippen molar-refractivity contribution < 1.29 is 19.0 Å². The van der Waals surface area contributed by atoms with E-state index in [0.717, 1.165) is 34.2 Å². The molecule has 3 aromatic rings. The summed E-state index contributed by atoms with van der Waals surface area (Å²) in [6, 6.07) is 25.1. The number of hydrogen-bond donors (Lipinski definition) is 0. The van der Waals surface area contributed by atoms with Gasteiger partial charge in [-0.3, -0.25) is 4.79 Å². The zero-order valence-corrected chi connectivity index (χ0v) is 17.9. The van der Waals surface area contributed by atoms with Gasteiger partial charge >= 0.3 is 0 Å². The standard InChI is InChI=1S/C26H24N2O4/c1-2-30-26(23(29)18-27)17-19-11-13-20(14-12-19)31-16-15-28-21-7-3-5-9-24(21)32-25-10-6-4-8-22(25)28/h3-14,26H,2,15-17H2,1H3/t26-/m0/s1. The van der Waals surface area contributed by atoms with Crippen LogP contribution in [0.1, 0.15) is 12.5 Å². The van der Waals surface area contributed by atoms with Gasteiger partial charge in [-0.15, -0.1) is 0 Å². The van der Waals surface area contributed by atoms with Crippen molar-refractivity contribution in [3.63, 3.8) is 0 Å². The lowest BCUT2D eigenvalue weighted by Crippen LogP contribution is -2.26. The molecule has 0 aliphatic carbocycles. The van der Waals surface area contributed by atoms with Crippen LogP contribution in [0, 0.1) is 11.3 Å². The molecule has 162 valence electrons. The topological polar surface area (TPSA) is 71.8 Å². The van der Waals surface area contributed by atoms with Gasteiger partial charge in [0.1, 0.15) is 24.5 Å². The summed E-state index contributed by atoms with van der Waals surface area (Å²) >= 11 is 0. The van der Waals surface area contributed by atoms with Crippen molar-refractivity contribution in [2.45, 2.75) is 19.4 Å². The fourth-order valence-electron chi connectivity index (χ4n) is 3.71. The first-order chi connectivity index (χ1) is 15.7. The van der Waals surface area contributed by atoms with Gasteiger partial charge in [-0.2, -0.15) is 5.26 Å². The van der Waals surface area contributed by atoms with Crippen molar-refractivity contribution in [3.8, 4) is 23.3 Å². The molecule has 0 fully saturated rings. The second kappa shape index (κ2) is 9.99. The Kier molecular flexibility index (Phi) is 6.69. The lowest BCUT2D eigenvalue weighted by Gasteiger charge is -2.32. The molecule has 0 aromatic heterocycles. The molecule has 0 bridgehead atoms. The van der Waals surface area contributed by atoms with Gasteiger partial charge in [0.2, 0.25) is 0 Å². The van der Waals surface area contributed by atoms with Gasteiger partial charge in [-0.1, -0.05) is 36.4 Å². The number of para-hydroxylation sites is 4. The highest BCUT2D eigenvalue weighted by atomic mass is 16.5. The maximum Gasteiger partial charge on any atom is 0.260 e. The third-order valence-electron chi connectivity index (χ3n) is 5.23. The van der Waals surface area contributed by atoms with Crippen LogP contribution in [0.5, 0.6) is 17.2 Å². The summed E-state index contributed by atoms with van der Waals surface area (Å²) in [6.45, 7) is 3.33. The monoisotopic (exact) mass is 428 g/mol. The number of rotatable bonds is 9. The molecule has 0 unspecified atom stereocenters. The number of Topliss-reactive ketones (excluding diaryl/α,β-unsaturated/α-hetero) is 1. The number of fused-ring (bicyclic) bond motifs is 2. The van der Waals surface area contributed by atoms with E-state index in [1.807, 2.05) is 72.8 Å². The summed E-state index contributed by atoms with van der Waals surface area (Å²) in [4.78, 5) is 13.9. The minimum absolute atomic E-state index is 0.363. The van der Waals surface area contributed by atoms with Gasteiger partial charge in [-0.25, -0.2) is 0 Å². The fourth-order valence-corrected chi connectivity index (χ4v) is 3.71. The molecule has 6 nitrogen and oxygen atoms in total. The molecule has 0 saturated heterocycles. The summed E-state index contributed by atoms with van der Waals surface area (Å²) in [5.74, 6) is 1.83. The Hall–Kier alpha value is -3.82. The normalized spacial score (nSPS) is 12.7. The number of benzene rings is 3. The first kappa shape index (κ1) is 21.4. The Balaban J connectivity index is 1.39. The molecule has 32 heavy (non-hydrogen) atoms. The minimum Gasteiger partial charge on any atom is -0.492 e. The zero-order valence-electron chi connectivity index (χ0n) is 17.9. The maximum atomic E-state index is 11.7. The number of carbonyl (C=O) groups is 1. The number of ether oxygens (including phenoxy) is 3. The van der Waals surface area contributed by atoms with Gasteiger partial charge in [0.05, 0.1) is 17.9 Å². The average molecular weight is 428 g/mol. The second-order valence-corrected chi connectivity index (χ2v) is 7.31. The van der Waals surface area contributed by atoms with Crippen LogP contribution < -0.4 is 14.4 Å². The van der Waals surface area contributed by atoms with Gasteiger partial charge in [0.15, 0.2) is 11.5 Å². The Morgan fingerprint density at radius 2 is 1.62 bits per heavy atom. The third kappa shape index (κ3) is 4.74. The van der Waals surface area contributed by atoms with Crippen molar-refractivity contribution >= 4 is 17.2 Å². The predicted octanol–water partition coefficient (Wildman–Crippen LogP) is 5.05. The van der Waals surface area contributed by atoms with Crippen LogP contribution >= 0.6 is 0 Å². The Morgan fingerprint density at radius 3 is 2.22 bits per heavy atom. The van der Waals surface area contributed by atoms with Crippen molar-refractivity contribution in [1.82, 2.24) is 0 Å². The van der Waals surface area contributed by atoms with Crippen LogP contribution in [0.2, 0.25) is 0 Å². The summed E-state index contributed by atoms with van der Waals surface area (Å²) in [5.41, 5.74) is 2.93. The van der Waals surface area contributed by atoms with Crippen molar-refractivity contribution in [3.05, 3.63) is 78.4 Å². The highest BCUT2D eigenvalue weighted by Gasteiger charge is 2.23. The zero-order chi connectivity index (χ0) is 22.3. The molecule has 4 rings (SSSR count). The SMILES string of the molecule is CCO[C@@H](Cc1ccc(OCCN2c3ccccc3Oc3ccccc32)cc1)C(=O)C#N. The van der Waals surface area contributed by atoms with E-state index in [2.05, 4.69) is 4.90 Å². The van der Waals surface area contributed by atoms with Gasteiger partial charge in [0, 0.05) is 13.0 Å². The van der Waals surface area contributed by atoms with E-state index < -0.39 is 11.9 Å². The highest BCUT2D eigenvalue weighted by Crippen LogP contribution is 2.45. The molecule has 0 amide bonds. The van der Waals surface area contributed by atoms with E-state index in [4.69, 9.17) is 19.5 Å². The molecule has 6 heteroatoms. The Morgan fingerprint density at radius 1 is 1.00 bits per heavy atom. The number of hydrogen-bond acceptors (Lipinski definition) is 6. The first-order valence-electron chi connectivity index (χ1n) is 10.6. The molecule has 1 atom stereocenters. The van der Waals surface area contributed by atoms with Crippen molar-refractivity contribution in [2.24, 2.45) is 0 Å². The summed E-state index contributed by atoms with van der Waals surface area (Å²) < 4.78 is 17.4. The van der Waals surface area contributed by atoms with Crippen LogP contribution in [0.3, 0.4) is 0 Å². The summed E-state index contributed by atoms with van der Waals surface area (Å²) in [7, 11) is 0. The smallest absolute Gasteiger partial charge is 0.260 e. The summed E-state index contributed by atoms with van der Waals surface area (Å²) in [5, 5.41) is 8.87. The fraction of sp³-hybridized carbons (Fsp3) is 0.231. The first-order valence-corrected chi connectivity index (χ1v) is 10.6. The average Bonchev–Trinajstić information content (AvgIpc) is 2.83. The molecule has 0 radical (unpaired) electrons. The molecule has 0 saturated carbocycles. The van der Waals surface area contributed by atoms with Crippen molar-refractivity contribution in [1.29, 1.82) is 5.26 Å². The molecular formula is C26H24N2O4. The van der Waals surface area contributed by atoms with E-state index in [1.165, 1.54) is 0 Å². The van der Waals surface area contributed by atoms with E-state index in [0.29, 0.717) is 26.2 Å². The van der Waals surface area contributed by atoms with Gasteiger partial charge in [-0.05, 0) is 48.9 Å². The number of anilines is 2. The van der Waals surface area contributed by atoms with E-state index in [9.17, 15) is 4.79 Å². The Labute approximate surface area is 187 Å². The number of nitriles is 1. The molecule has 0 spiro atoms. The van der Waals surface area contributed by atoms with Crippen molar-refractivity contribution in [2.75, 3.05) is 24.7 Å². The van der Waals surface area contributed by atoms with Gasteiger partial charge < -0.3 is 19.1 Å². The van der Waals surface area contributed by atoms with E-state index >= 15 is 0 Å². The molecule has 0 N–H and O–H groups in total. The van der Waals surface area contributed by atoms with Crippen LogP contribution in [-0.4, -0.2) is 31.6 Å². The molecule has 1 aliphatic rings. The highest BCUT2D eigenvalue weighted by molar-refractivity contribution is 5.97. The van der Waals surface area contributed by atoms with Crippen LogP contribution in [0.15, 0.2) is 72.8 Å². The summed E-state index contributed by atoms with van der Waals surface area (Å²) in [6.07, 6.45) is -0.375. The van der Waals surface area contributed by atoms with Crippen LogP contribution in [0.25, 0.3) is 0 Å². The van der Waals surface area contributed by atoms with E-state index in [1.54, 1.807) is 13.0 Å². The lowest BCUT2D eigenvalue weighted by atomic mass is 10.1. The maximum absolute atomic E-state index is 11.7. The largest absolute Gasteiger partial charge is 0.492 e. The molecule has 1 aliphatic heterocycles. The third-order valence-corrected chi connectivity index (χ3v) is 5.23. The number of ketones is 1. The number of nitrogens with zero attached hydrogens (tertiary/aromatic N) is 2. The molecule has 1 heterocycles. The minimum atomic E-state index is -0.738. The van der Waals surface area contributed by atoms with E-state index in [-0.39, 0.29) is 0 Å².